The van der Waals surface area contributed by atoms with E-state index in [1.54, 1.807) is 18.2 Å². The Morgan fingerprint density at radius 3 is 2.58 bits per heavy atom. The summed E-state index contributed by atoms with van der Waals surface area (Å²) in [6.45, 7) is -0.251. The van der Waals surface area contributed by atoms with Gasteiger partial charge in [0.2, 0.25) is 0 Å². The quantitative estimate of drug-likeness (QED) is 0.572. The van der Waals surface area contributed by atoms with Gasteiger partial charge in [0, 0.05) is 34.2 Å². The zero-order valence-electron chi connectivity index (χ0n) is 17.4. The van der Waals surface area contributed by atoms with Gasteiger partial charge in [0.05, 0.1) is 11.1 Å². The molecule has 4 aliphatic rings. The van der Waals surface area contributed by atoms with Crippen LogP contribution in [0.4, 0.5) is 4.39 Å². The summed E-state index contributed by atoms with van der Waals surface area (Å²) < 4.78 is 24.6. The van der Waals surface area contributed by atoms with Crippen molar-refractivity contribution in [3.05, 3.63) is 57.8 Å². The Morgan fingerprint density at radius 2 is 1.85 bits per heavy atom. The molecule has 10 heteroatoms. The fraction of sp³-hybridized carbons (Fsp3) is 0.391. The number of hydrogen-bond acceptors (Lipinski definition) is 5. The Balaban J connectivity index is 1.10. The molecule has 2 amide bonds. The number of amides is 2. The molecule has 0 aromatic heterocycles. The lowest BCUT2D eigenvalue weighted by molar-refractivity contribution is -0.155. The predicted octanol–water partition coefficient (Wildman–Crippen LogP) is 3.30. The average Bonchev–Trinajstić information content (AvgIpc) is 2.72. The molecule has 3 N–H and O–H groups in total. The third-order valence-corrected chi connectivity index (χ3v) is 6.96. The van der Waals surface area contributed by atoms with Crippen molar-refractivity contribution < 1.29 is 28.6 Å². The number of rotatable bonds is 6. The summed E-state index contributed by atoms with van der Waals surface area (Å²) >= 11 is 11.6. The summed E-state index contributed by atoms with van der Waals surface area (Å²) in [6, 6.07) is 8.90. The molecule has 0 unspecified atom stereocenters. The highest BCUT2D eigenvalue weighted by Gasteiger charge is 2.69. The molecule has 0 saturated heterocycles. The van der Waals surface area contributed by atoms with Crippen molar-refractivity contribution in [2.45, 2.75) is 49.0 Å². The minimum Gasteiger partial charge on any atom is -0.484 e. The zero-order valence-corrected chi connectivity index (χ0v) is 18.9. The molecule has 33 heavy (non-hydrogen) atoms. The zero-order chi connectivity index (χ0) is 23.4. The Labute approximate surface area is 199 Å². The third kappa shape index (κ3) is 4.23. The van der Waals surface area contributed by atoms with Crippen LogP contribution in [0.1, 0.15) is 37.4 Å². The number of halogens is 3. The molecule has 2 atom stereocenters. The summed E-state index contributed by atoms with van der Waals surface area (Å²) in [4.78, 5) is 25.0. The number of carbonyl (C=O) groups excluding carboxylic acids is 2. The van der Waals surface area contributed by atoms with Gasteiger partial charge >= 0.3 is 0 Å². The van der Waals surface area contributed by atoms with Gasteiger partial charge in [-0.15, -0.1) is 0 Å². The Morgan fingerprint density at radius 1 is 1.12 bits per heavy atom. The second kappa shape index (κ2) is 8.04. The summed E-state index contributed by atoms with van der Waals surface area (Å²) in [5.74, 6) is -0.568. The summed E-state index contributed by atoms with van der Waals surface area (Å²) in [5, 5.41) is 16.8. The molecular weight excluding hydrogens is 474 g/mol. The third-order valence-electron chi connectivity index (χ3n) is 6.41. The van der Waals surface area contributed by atoms with Crippen LogP contribution >= 0.6 is 23.2 Å². The Bertz CT molecular complexity index is 1120. The predicted molar refractivity (Wildman–Crippen MR) is 118 cm³/mol. The first-order chi connectivity index (χ1) is 15.7. The SMILES string of the molecule is O=C(COc1ccc(Cl)c(F)c1)NC12CC(NC(=O)[C@@H]3C[C@H](O)c4cc(Cl)ccc4O3)(C1)C2. The minimum absolute atomic E-state index is 0.0187. The second-order valence-corrected chi connectivity index (χ2v) is 9.88. The fourth-order valence-corrected chi connectivity index (χ4v) is 5.32. The van der Waals surface area contributed by atoms with E-state index in [2.05, 4.69) is 10.6 Å². The number of fused-ring (bicyclic) bond motifs is 1. The highest BCUT2D eigenvalue weighted by molar-refractivity contribution is 6.31. The second-order valence-electron chi connectivity index (χ2n) is 9.03. The van der Waals surface area contributed by atoms with E-state index in [9.17, 15) is 19.1 Å². The van der Waals surface area contributed by atoms with Crippen molar-refractivity contribution in [2.24, 2.45) is 0 Å². The highest BCUT2D eigenvalue weighted by atomic mass is 35.5. The normalized spacial score (nSPS) is 29.0. The molecule has 2 bridgehead atoms. The summed E-state index contributed by atoms with van der Waals surface area (Å²) in [6.07, 6.45) is 0.314. The van der Waals surface area contributed by atoms with E-state index in [0.29, 0.717) is 35.6 Å². The lowest BCUT2D eigenvalue weighted by Crippen LogP contribution is -2.84. The molecule has 3 saturated carbocycles. The van der Waals surface area contributed by atoms with Gasteiger partial charge in [-0.25, -0.2) is 4.39 Å². The molecule has 174 valence electrons. The average molecular weight is 495 g/mol. The molecule has 1 aliphatic heterocycles. The van der Waals surface area contributed by atoms with Crippen molar-refractivity contribution in [1.82, 2.24) is 10.6 Å². The van der Waals surface area contributed by atoms with Gasteiger partial charge in [0.15, 0.2) is 12.7 Å². The molecule has 1 heterocycles. The molecule has 6 rings (SSSR count). The Kier molecular flexibility index (Phi) is 5.42. The first-order valence-electron chi connectivity index (χ1n) is 10.5. The van der Waals surface area contributed by atoms with Crippen LogP contribution in [0.15, 0.2) is 36.4 Å². The summed E-state index contributed by atoms with van der Waals surface area (Å²) in [7, 11) is 0. The van der Waals surface area contributed by atoms with E-state index in [4.69, 9.17) is 32.7 Å². The molecule has 2 aromatic carbocycles. The first kappa shape index (κ1) is 22.3. The molecule has 2 aromatic rings. The molecule has 3 aliphatic carbocycles. The maximum atomic E-state index is 13.5. The molecular formula is C23H21Cl2FN2O5. The fourth-order valence-electron chi connectivity index (χ4n) is 5.02. The van der Waals surface area contributed by atoms with Crippen molar-refractivity contribution in [3.63, 3.8) is 0 Å². The van der Waals surface area contributed by atoms with E-state index in [-0.39, 0.29) is 46.7 Å². The molecule has 3 fully saturated rings. The van der Waals surface area contributed by atoms with E-state index in [1.807, 2.05) is 0 Å². The van der Waals surface area contributed by atoms with Gasteiger partial charge in [-0.3, -0.25) is 9.59 Å². The number of aliphatic hydroxyl groups excluding tert-OH is 1. The van der Waals surface area contributed by atoms with Crippen molar-refractivity contribution in [2.75, 3.05) is 6.61 Å². The number of aliphatic hydroxyl groups is 1. The van der Waals surface area contributed by atoms with Gasteiger partial charge in [0.1, 0.15) is 17.3 Å². The number of nitrogens with one attached hydrogen (secondary N) is 2. The van der Waals surface area contributed by atoms with Crippen LogP contribution in [0.2, 0.25) is 10.0 Å². The van der Waals surface area contributed by atoms with Crippen LogP contribution in [0.5, 0.6) is 11.5 Å². The van der Waals surface area contributed by atoms with E-state index < -0.39 is 18.0 Å². The van der Waals surface area contributed by atoms with Crippen LogP contribution in [0.25, 0.3) is 0 Å². The topological polar surface area (TPSA) is 96.9 Å². The maximum absolute atomic E-state index is 13.5. The summed E-state index contributed by atoms with van der Waals surface area (Å²) in [5.41, 5.74) is -0.170. The molecule has 7 nitrogen and oxygen atoms in total. The van der Waals surface area contributed by atoms with Crippen LogP contribution < -0.4 is 20.1 Å². The number of carbonyl (C=O) groups is 2. The molecule has 0 spiro atoms. The van der Waals surface area contributed by atoms with Crippen molar-refractivity contribution in [3.8, 4) is 11.5 Å². The highest BCUT2D eigenvalue weighted by Crippen LogP contribution is 2.60. The van der Waals surface area contributed by atoms with Crippen LogP contribution in [-0.4, -0.2) is 40.7 Å². The van der Waals surface area contributed by atoms with E-state index in [1.165, 1.54) is 12.1 Å². The Hall–Kier alpha value is -2.55. The van der Waals surface area contributed by atoms with Gasteiger partial charge in [0.25, 0.3) is 11.8 Å². The van der Waals surface area contributed by atoms with Gasteiger partial charge < -0.3 is 25.2 Å². The van der Waals surface area contributed by atoms with Crippen LogP contribution in [-0.2, 0) is 9.59 Å². The minimum atomic E-state index is -0.837. The molecule has 0 radical (unpaired) electrons. The number of ether oxygens (including phenoxy) is 2. The van der Waals surface area contributed by atoms with Crippen molar-refractivity contribution >= 4 is 35.0 Å². The van der Waals surface area contributed by atoms with Crippen LogP contribution in [0, 0.1) is 5.82 Å². The van der Waals surface area contributed by atoms with Gasteiger partial charge in [-0.1, -0.05) is 23.2 Å². The van der Waals surface area contributed by atoms with E-state index >= 15 is 0 Å². The monoisotopic (exact) mass is 494 g/mol. The lowest BCUT2D eigenvalue weighted by Gasteiger charge is -2.70. The maximum Gasteiger partial charge on any atom is 0.261 e. The largest absolute Gasteiger partial charge is 0.484 e. The number of hydrogen-bond donors (Lipinski definition) is 3. The first-order valence-corrected chi connectivity index (χ1v) is 11.3. The lowest BCUT2D eigenvalue weighted by atomic mass is 9.44. The van der Waals surface area contributed by atoms with E-state index in [0.717, 1.165) is 6.07 Å². The smallest absolute Gasteiger partial charge is 0.261 e. The van der Waals surface area contributed by atoms with Gasteiger partial charge in [-0.05, 0) is 49.6 Å². The van der Waals surface area contributed by atoms with Crippen molar-refractivity contribution in [1.29, 1.82) is 0 Å². The number of benzene rings is 2. The standard InChI is InChI=1S/C23H21Cl2FN2O5/c24-12-1-4-18-14(5-12)17(29)7-19(33-18)21(31)28-23-9-22(10-23,11-23)27-20(30)8-32-13-2-3-15(25)16(26)6-13/h1-6,17,19,29H,7-11H2,(H,27,30)(H,28,31)/t17-,19-,22?,23?/m0/s1. The van der Waals surface area contributed by atoms with Crippen LogP contribution in [0.3, 0.4) is 0 Å². The van der Waals surface area contributed by atoms with Gasteiger partial charge in [-0.2, -0.15) is 0 Å².